The molecule has 1 aliphatic heterocycles. The Kier molecular flexibility index (Phi) is 8.40. The van der Waals surface area contributed by atoms with Gasteiger partial charge in [-0.2, -0.15) is 4.37 Å². The summed E-state index contributed by atoms with van der Waals surface area (Å²) in [4.78, 5) is 33.6. The first kappa shape index (κ1) is 23.2. The summed E-state index contributed by atoms with van der Waals surface area (Å²) in [7, 11) is 0. The van der Waals surface area contributed by atoms with E-state index in [0.717, 1.165) is 23.8 Å². The molecule has 0 N–H and O–H groups in total. The maximum absolute atomic E-state index is 12.8. The Labute approximate surface area is 188 Å². The number of nitrogens with zero attached hydrogens (tertiary/aromatic N) is 4. The highest BCUT2D eigenvalue weighted by molar-refractivity contribution is 7.09. The number of esters is 1. The van der Waals surface area contributed by atoms with Crippen LogP contribution in [-0.4, -0.2) is 58.4 Å². The van der Waals surface area contributed by atoms with Crippen LogP contribution in [0.1, 0.15) is 51.4 Å². The van der Waals surface area contributed by atoms with E-state index in [1.165, 1.54) is 17.1 Å². The number of hydrogen-bond donors (Lipinski definition) is 0. The lowest BCUT2D eigenvalue weighted by Gasteiger charge is -2.32. The minimum absolute atomic E-state index is 0.0775. The van der Waals surface area contributed by atoms with Gasteiger partial charge in [-0.3, -0.25) is 9.59 Å². The molecule has 7 nitrogen and oxygen atoms in total. The van der Waals surface area contributed by atoms with Crippen molar-refractivity contribution in [2.24, 2.45) is 5.92 Å². The summed E-state index contributed by atoms with van der Waals surface area (Å²) in [5.41, 5.74) is 1.18. The van der Waals surface area contributed by atoms with Gasteiger partial charge in [0.25, 0.3) is 0 Å². The van der Waals surface area contributed by atoms with Gasteiger partial charge in [0.1, 0.15) is 5.82 Å². The van der Waals surface area contributed by atoms with Gasteiger partial charge in [-0.05, 0) is 39.2 Å². The van der Waals surface area contributed by atoms with Crippen LogP contribution in [0.25, 0.3) is 0 Å². The zero-order chi connectivity index (χ0) is 22.2. The average molecular weight is 445 g/mol. The number of ether oxygens (including phenoxy) is 1. The monoisotopic (exact) mass is 444 g/mol. The van der Waals surface area contributed by atoms with E-state index in [1.807, 2.05) is 30.0 Å². The topological polar surface area (TPSA) is 75.6 Å². The number of likely N-dealkylation sites (tertiary alicyclic amines) is 1. The molecular formula is C23H32N4O3S. The fourth-order valence-electron chi connectivity index (χ4n) is 3.82. The van der Waals surface area contributed by atoms with Crippen LogP contribution in [-0.2, 0) is 20.7 Å². The Morgan fingerprint density at radius 2 is 2.06 bits per heavy atom. The second-order valence-electron chi connectivity index (χ2n) is 8.12. The van der Waals surface area contributed by atoms with Crippen molar-refractivity contribution in [1.82, 2.24) is 14.3 Å². The maximum atomic E-state index is 12.8. The van der Waals surface area contributed by atoms with E-state index in [4.69, 9.17) is 9.72 Å². The van der Waals surface area contributed by atoms with Crippen molar-refractivity contribution in [3.05, 3.63) is 41.7 Å². The lowest BCUT2D eigenvalue weighted by molar-refractivity contribution is -0.151. The Balaban J connectivity index is 1.57. The Morgan fingerprint density at radius 3 is 2.77 bits per heavy atom. The molecule has 1 atom stereocenters. The first-order valence-corrected chi connectivity index (χ1v) is 11.8. The van der Waals surface area contributed by atoms with Gasteiger partial charge in [-0.25, -0.2) is 4.98 Å². The van der Waals surface area contributed by atoms with Gasteiger partial charge in [0, 0.05) is 50.1 Å². The number of carbonyl (C=O) groups excluding carboxylic acids is 2. The van der Waals surface area contributed by atoms with E-state index in [0.29, 0.717) is 39.1 Å². The molecule has 1 saturated heterocycles. The summed E-state index contributed by atoms with van der Waals surface area (Å²) >= 11 is 1.38. The van der Waals surface area contributed by atoms with Gasteiger partial charge in [0.05, 0.1) is 12.5 Å². The first-order valence-electron chi connectivity index (χ1n) is 11.1. The van der Waals surface area contributed by atoms with Gasteiger partial charge >= 0.3 is 5.97 Å². The summed E-state index contributed by atoms with van der Waals surface area (Å²) in [6, 6.07) is 10.4. The summed E-state index contributed by atoms with van der Waals surface area (Å²) in [5.74, 6) is 0.483. The molecule has 0 bridgehead atoms. The number of anilines is 1. The van der Waals surface area contributed by atoms with Crippen molar-refractivity contribution in [3.63, 3.8) is 0 Å². The minimum atomic E-state index is -0.206. The van der Waals surface area contributed by atoms with Crippen LogP contribution in [0.5, 0.6) is 0 Å². The second kappa shape index (κ2) is 11.2. The molecule has 2 aromatic rings. The van der Waals surface area contributed by atoms with Crippen molar-refractivity contribution in [2.75, 3.05) is 31.1 Å². The largest absolute Gasteiger partial charge is 0.466 e. The van der Waals surface area contributed by atoms with Crippen molar-refractivity contribution in [3.8, 4) is 0 Å². The molecule has 168 valence electrons. The quantitative estimate of drug-likeness (QED) is 0.551. The average Bonchev–Trinajstić information content (AvgIpc) is 3.22. The fraction of sp³-hybridized carbons (Fsp3) is 0.565. The fourth-order valence-corrected chi connectivity index (χ4v) is 4.66. The molecule has 1 aromatic carbocycles. The van der Waals surface area contributed by atoms with E-state index in [2.05, 4.69) is 35.3 Å². The molecule has 1 amide bonds. The molecule has 8 heteroatoms. The lowest BCUT2D eigenvalue weighted by Crippen LogP contribution is -2.44. The Hall–Kier alpha value is -2.48. The Morgan fingerprint density at radius 1 is 1.29 bits per heavy atom. The van der Waals surface area contributed by atoms with Gasteiger partial charge in [-0.1, -0.05) is 30.3 Å². The van der Waals surface area contributed by atoms with Crippen molar-refractivity contribution in [1.29, 1.82) is 0 Å². The van der Waals surface area contributed by atoms with E-state index < -0.39 is 0 Å². The highest BCUT2D eigenvalue weighted by atomic mass is 32.1. The third kappa shape index (κ3) is 6.50. The minimum Gasteiger partial charge on any atom is -0.466 e. The van der Waals surface area contributed by atoms with E-state index in [-0.39, 0.29) is 23.8 Å². The smallest absolute Gasteiger partial charge is 0.310 e. The first-order chi connectivity index (χ1) is 15.0. The van der Waals surface area contributed by atoms with Gasteiger partial charge < -0.3 is 14.5 Å². The van der Waals surface area contributed by atoms with Gasteiger partial charge in [0.15, 0.2) is 0 Å². The summed E-state index contributed by atoms with van der Waals surface area (Å²) in [6.45, 7) is 8.12. The molecule has 3 rings (SSSR count). The predicted octanol–water partition coefficient (Wildman–Crippen LogP) is 3.54. The third-order valence-electron chi connectivity index (χ3n) is 5.49. The molecular weight excluding hydrogens is 412 g/mol. The number of rotatable bonds is 9. The zero-order valence-corrected chi connectivity index (χ0v) is 19.4. The van der Waals surface area contributed by atoms with E-state index >= 15 is 0 Å². The van der Waals surface area contributed by atoms with Crippen LogP contribution in [0.15, 0.2) is 30.3 Å². The van der Waals surface area contributed by atoms with Gasteiger partial charge in [-0.15, -0.1) is 0 Å². The number of carbonyl (C=O) groups is 2. The summed E-state index contributed by atoms with van der Waals surface area (Å²) < 4.78 is 9.66. The SMILES string of the molecule is CCOC(=O)C1CCCN(C(=O)CCN(c2nc(Cc3ccccc3)ns2)C(C)C)C1. The molecule has 1 unspecified atom stereocenters. The molecule has 1 fully saturated rings. The molecule has 0 aliphatic carbocycles. The zero-order valence-electron chi connectivity index (χ0n) is 18.6. The van der Waals surface area contributed by atoms with Crippen LogP contribution in [0.4, 0.5) is 5.13 Å². The highest BCUT2D eigenvalue weighted by Gasteiger charge is 2.29. The maximum Gasteiger partial charge on any atom is 0.310 e. The number of aromatic nitrogens is 2. The molecule has 1 aromatic heterocycles. The van der Waals surface area contributed by atoms with Crippen LogP contribution in [0, 0.1) is 5.92 Å². The van der Waals surface area contributed by atoms with E-state index in [1.54, 1.807) is 0 Å². The number of hydrogen-bond acceptors (Lipinski definition) is 7. The molecule has 2 heterocycles. The normalized spacial score (nSPS) is 16.4. The van der Waals surface area contributed by atoms with Crippen molar-refractivity contribution < 1.29 is 14.3 Å². The number of piperidine rings is 1. The molecule has 1 aliphatic rings. The molecule has 0 spiro atoms. The van der Waals surface area contributed by atoms with E-state index in [9.17, 15) is 9.59 Å². The third-order valence-corrected chi connectivity index (χ3v) is 6.28. The predicted molar refractivity (Wildman–Crippen MR) is 122 cm³/mol. The number of amides is 1. The van der Waals surface area contributed by atoms with Crippen LogP contribution in [0.2, 0.25) is 0 Å². The highest BCUT2D eigenvalue weighted by Crippen LogP contribution is 2.23. The van der Waals surface area contributed by atoms with Crippen LogP contribution >= 0.6 is 11.5 Å². The molecule has 31 heavy (non-hydrogen) atoms. The molecule has 0 saturated carbocycles. The lowest BCUT2D eigenvalue weighted by atomic mass is 9.98. The standard InChI is InChI=1S/C23H32N4O3S/c1-4-30-22(29)19-11-8-13-26(16-19)21(28)12-14-27(17(2)3)23-24-20(25-31-23)15-18-9-6-5-7-10-18/h5-7,9-10,17,19H,4,8,11-16H2,1-3H3. The Bertz CT molecular complexity index is 856. The summed E-state index contributed by atoms with van der Waals surface area (Å²) in [6.07, 6.45) is 2.71. The van der Waals surface area contributed by atoms with Crippen molar-refractivity contribution in [2.45, 2.75) is 52.5 Å². The van der Waals surface area contributed by atoms with Crippen molar-refractivity contribution >= 4 is 28.5 Å². The number of benzene rings is 1. The second-order valence-corrected chi connectivity index (χ2v) is 8.85. The summed E-state index contributed by atoms with van der Waals surface area (Å²) in [5, 5.41) is 0.844. The molecule has 0 radical (unpaired) electrons. The van der Waals surface area contributed by atoms with Crippen LogP contribution in [0.3, 0.4) is 0 Å². The van der Waals surface area contributed by atoms with Crippen LogP contribution < -0.4 is 4.90 Å². The van der Waals surface area contributed by atoms with Gasteiger partial charge in [0.2, 0.25) is 11.0 Å².